The van der Waals surface area contributed by atoms with Gasteiger partial charge < -0.3 is 10.2 Å². The first-order valence-electron chi connectivity index (χ1n) is 8.67. The van der Waals surface area contributed by atoms with Crippen LogP contribution < -0.4 is 0 Å². The second-order valence-electron chi connectivity index (χ2n) is 7.01. The molecule has 1 fully saturated rings. The van der Waals surface area contributed by atoms with Crippen molar-refractivity contribution in [3.05, 3.63) is 63.4 Å². The van der Waals surface area contributed by atoms with Crippen LogP contribution >= 0.6 is 23.2 Å². The fourth-order valence-electron chi connectivity index (χ4n) is 3.35. The molecular formula is C18H14Cl2F2N2O6S2. The first-order chi connectivity index (χ1) is 14.8. The Kier molecular flexibility index (Phi) is 6.58. The van der Waals surface area contributed by atoms with E-state index in [9.17, 15) is 35.8 Å². The van der Waals surface area contributed by atoms with Crippen LogP contribution in [0.2, 0.25) is 10.0 Å². The molecule has 1 heterocycles. The molecule has 32 heavy (non-hydrogen) atoms. The molecule has 2 aromatic carbocycles. The summed E-state index contributed by atoms with van der Waals surface area (Å²) in [6.45, 7) is 3.91. The summed E-state index contributed by atoms with van der Waals surface area (Å²) in [7, 11) is -9.22. The fraction of sp³-hybridized carbons (Fsp3) is 0.278. The van der Waals surface area contributed by atoms with E-state index in [0.29, 0.717) is 16.4 Å². The van der Waals surface area contributed by atoms with E-state index >= 15 is 0 Å². The van der Waals surface area contributed by atoms with Crippen molar-refractivity contribution in [1.82, 2.24) is 4.31 Å². The predicted molar refractivity (Wildman–Crippen MR) is 111 cm³/mol. The van der Waals surface area contributed by atoms with E-state index in [1.54, 1.807) is 0 Å². The van der Waals surface area contributed by atoms with Gasteiger partial charge in [-0.3, -0.25) is 0 Å². The highest BCUT2D eigenvalue weighted by molar-refractivity contribution is 7.92. The van der Waals surface area contributed by atoms with E-state index in [2.05, 4.69) is 4.85 Å². The van der Waals surface area contributed by atoms with Crippen molar-refractivity contribution in [3.8, 4) is 0 Å². The third-order valence-corrected chi connectivity index (χ3v) is 9.77. The highest BCUT2D eigenvalue weighted by Crippen LogP contribution is 2.37. The molecule has 0 amide bonds. The molecule has 3 rings (SSSR count). The van der Waals surface area contributed by atoms with Crippen LogP contribution in [-0.2, 0) is 19.9 Å². The van der Waals surface area contributed by atoms with Crippen LogP contribution in [0.25, 0.3) is 4.85 Å². The minimum Gasteiger partial charge on any atom is -0.393 e. The van der Waals surface area contributed by atoms with Crippen LogP contribution in [0.3, 0.4) is 0 Å². The normalized spacial score (nSPS) is 22.1. The van der Waals surface area contributed by atoms with Crippen LogP contribution in [0.1, 0.15) is 0 Å². The number of nitrogens with zero attached hydrogens (tertiary/aromatic N) is 2. The summed E-state index contributed by atoms with van der Waals surface area (Å²) in [4.78, 5) is 1.30. The minimum atomic E-state index is -4.77. The molecule has 1 saturated heterocycles. The number of sulfone groups is 1. The average molecular weight is 527 g/mol. The molecule has 0 unspecified atom stereocenters. The second kappa shape index (κ2) is 8.49. The molecule has 2 atom stereocenters. The lowest BCUT2D eigenvalue weighted by atomic mass is 10.1. The third-order valence-electron chi connectivity index (χ3n) is 5.01. The van der Waals surface area contributed by atoms with Crippen LogP contribution in [-0.4, -0.2) is 61.9 Å². The summed E-state index contributed by atoms with van der Waals surface area (Å²) < 4.78 is 80.8. The second-order valence-corrected chi connectivity index (χ2v) is 11.9. The zero-order valence-corrected chi connectivity index (χ0v) is 19.0. The van der Waals surface area contributed by atoms with Crippen LogP contribution in [0.4, 0.5) is 14.5 Å². The van der Waals surface area contributed by atoms with Gasteiger partial charge in [0.25, 0.3) is 5.69 Å². The Morgan fingerprint density at radius 3 is 2.25 bits per heavy atom. The topological polar surface area (TPSA) is 116 Å². The Bertz CT molecular complexity index is 1320. The highest BCUT2D eigenvalue weighted by atomic mass is 35.5. The predicted octanol–water partition coefficient (Wildman–Crippen LogP) is 2.39. The molecule has 2 N–H and O–H groups in total. The standard InChI is InChI=1S/C18H14Cl2F2N2O6S2/c1-23-17-13(21)5-11(6-14(17)22)31(27,28)16-7-24(8-18(16,26)9-25)32(29,30)15-3-2-10(19)4-12(15)20/h2-6,16,25-26H,7-9H2/t16-,18+/m0/s1. The fourth-order valence-corrected chi connectivity index (χ4v) is 7.67. The zero-order chi connectivity index (χ0) is 24.1. The van der Waals surface area contributed by atoms with E-state index < -0.39 is 77.5 Å². The summed E-state index contributed by atoms with van der Waals surface area (Å²) in [6, 6.07) is 4.29. The monoisotopic (exact) mass is 526 g/mol. The van der Waals surface area contributed by atoms with Gasteiger partial charge >= 0.3 is 0 Å². The molecule has 0 saturated carbocycles. The summed E-state index contributed by atoms with van der Waals surface area (Å²) in [5.41, 5.74) is -3.51. The SMILES string of the molecule is [C-]#[N+]c1c(F)cc(S(=O)(=O)[C@H]2CN(S(=O)(=O)c3ccc(Cl)cc3Cl)C[C@@]2(O)CO)cc1F. The Balaban J connectivity index is 2.07. The molecule has 0 aliphatic carbocycles. The maximum atomic E-state index is 14.0. The smallest absolute Gasteiger partial charge is 0.256 e. The van der Waals surface area contributed by atoms with Crippen LogP contribution in [0.5, 0.6) is 0 Å². The van der Waals surface area contributed by atoms with E-state index in [-0.39, 0.29) is 10.0 Å². The molecule has 172 valence electrons. The maximum absolute atomic E-state index is 14.0. The number of hydrogen-bond donors (Lipinski definition) is 2. The van der Waals surface area contributed by atoms with Gasteiger partial charge in [0.1, 0.15) is 27.4 Å². The Labute approximate surface area is 192 Å². The van der Waals surface area contributed by atoms with Gasteiger partial charge in [-0.15, -0.1) is 0 Å². The maximum Gasteiger partial charge on any atom is 0.256 e. The van der Waals surface area contributed by atoms with E-state index in [0.717, 1.165) is 12.1 Å². The van der Waals surface area contributed by atoms with Crippen molar-refractivity contribution in [2.75, 3.05) is 19.7 Å². The van der Waals surface area contributed by atoms with Crippen molar-refractivity contribution in [2.45, 2.75) is 20.6 Å². The van der Waals surface area contributed by atoms with Gasteiger partial charge in [0.2, 0.25) is 10.0 Å². The Morgan fingerprint density at radius 2 is 1.75 bits per heavy atom. The molecule has 0 aromatic heterocycles. The number of hydrogen-bond acceptors (Lipinski definition) is 6. The lowest BCUT2D eigenvalue weighted by Crippen LogP contribution is -2.49. The van der Waals surface area contributed by atoms with Gasteiger partial charge in [0.05, 0.1) is 23.1 Å². The molecule has 8 nitrogen and oxygen atoms in total. The third kappa shape index (κ3) is 4.10. The van der Waals surface area contributed by atoms with Gasteiger partial charge in [-0.1, -0.05) is 23.2 Å². The molecular weight excluding hydrogens is 513 g/mol. The van der Waals surface area contributed by atoms with E-state index in [1.807, 2.05) is 0 Å². The number of sulfonamides is 1. The van der Waals surface area contributed by atoms with Gasteiger partial charge in [-0.25, -0.2) is 30.5 Å². The molecule has 1 aliphatic heterocycles. The van der Waals surface area contributed by atoms with Crippen molar-refractivity contribution >= 4 is 48.7 Å². The lowest BCUT2D eigenvalue weighted by molar-refractivity contribution is 0.00159. The highest BCUT2D eigenvalue weighted by Gasteiger charge is 2.55. The summed E-state index contributed by atoms with van der Waals surface area (Å²) >= 11 is 11.7. The molecule has 2 aromatic rings. The number of aliphatic hydroxyl groups is 2. The number of aliphatic hydroxyl groups excluding tert-OH is 1. The summed E-state index contributed by atoms with van der Waals surface area (Å²) in [6.07, 6.45) is 0. The zero-order valence-electron chi connectivity index (χ0n) is 15.8. The number of benzene rings is 2. The summed E-state index contributed by atoms with van der Waals surface area (Å²) in [5, 5.41) is 18.4. The quantitative estimate of drug-likeness (QED) is 0.577. The van der Waals surface area contributed by atoms with Crippen molar-refractivity contribution < 1.29 is 35.8 Å². The molecule has 0 spiro atoms. The van der Waals surface area contributed by atoms with Gasteiger partial charge in [-0.05, 0) is 30.3 Å². The van der Waals surface area contributed by atoms with Crippen LogP contribution in [0, 0.1) is 18.2 Å². The minimum absolute atomic E-state index is 0.148. The largest absolute Gasteiger partial charge is 0.393 e. The number of β-amino-alcohol motifs (C(OH)–C–C–N with tert-alkyl or cyclic N) is 1. The Hall–Kier alpha value is -1.85. The number of rotatable bonds is 5. The first kappa shape index (κ1) is 24.8. The average Bonchev–Trinajstić information content (AvgIpc) is 3.07. The van der Waals surface area contributed by atoms with E-state index in [1.165, 1.54) is 6.07 Å². The van der Waals surface area contributed by atoms with Crippen molar-refractivity contribution in [3.63, 3.8) is 0 Å². The lowest BCUT2D eigenvalue weighted by Gasteiger charge is -2.26. The van der Waals surface area contributed by atoms with Crippen LogP contribution in [0.15, 0.2) is 40.1 Å². The molecule has 0 bridgehead atoms. The Morgan fingerprint density at radius 1 is 1.16 bits per heavy atom. The van der Waals surface area contributed by atoms with Gasteiger partial charge in [0, 0.05) is 18.1 Å². The van der Waals surface area contributed by atoms with Crippen molar-refractivity contribution in [2.24, 2.45) is 0 Å². The van der Waals surface area contributed by atoms with Gasteiger partial charge in [-0.2, -0.15) is 4.31 Å². The van der Waals surface area contributed by atoms with Crippen molar-refractivity contribution in [1.29, 1.82) is 0 Å². The summed E-state index contributed by atoms with van der Waals surface area (Å²) in [5.74, 6) is -2.89. The van der Waals surface area contributed by atoms with Gasteiger partial charge in [0.15, 0.2) is 9.84 Å². The molecule has 14 heteroatoms. The number of halogens is 4. The first-order valence-corrected chi connectivity index (χ1v) is 12.4. The van der Waals surface area contributed by atoms with E-state index in [4.69, 9.17) is 29.8 Å². The molecule has 1 aliphatic rings. The molecule has 0 radical (unpaired) electrons.